The number of ether oxygens (including phenoxy) is 1. The Balaban J connectivity index is 1.40. The van der Waals surface area contributed by atoms with Crippen LogP contribution in [-0.4, -0.2) is 76.6 Å². The lowest BCUT2D eigenvalue weighted by Crippen LogP contribution is -2.51. The molecule has 0 atom stereocenters. The number of urea groups is 1. The number of amides is 4. The first-order chi connectivity index (χ1) is 14.9. The van der Waals surface area contributed by atoms with E-state index < -0.39 is 6.03 Å². The van der Waals surface area contributed by atoms with Crippen LogP contribution in [0.5, 0.6) is 0 Å². The quantitative estimate of drug-likeness (QED) is 0.499. The van der Waals surface area contributed by atoms with Crippen molar-refractivity contribution in [2.24, 2.45) is 0 Å². The summed E-state index contributed by atoms with van der Waals surface area (Å²) in [5.41, 5.74) is 1.78. The van der Waals surface area contributed by atoms with Crippen molar-refractivity contribution in [3.05, 3.63) is 29.8 Å². The molecule has 1 aromatic carbocycles. The minimum atomic E-state index is -0.410. The Bertz CT molecular complexity index is 912. The maximum Gasteiger partial charge on any atom is 0.409 e. The SMILES string of the molecule is CCOC(=O)N1CCN(C(=O)CSc2nnc(NC(=O)Nc3ccc(C)cc3)s2)CC1. The fourth-order valence-electron chi connectivity index (χ4n) is 2.78. The maximum atomic E-state index is 12.4. The number of carbonyl (C=O) groups excluding carboxylic acids is 3. The van der Waals surface area contributed by atoms with Crippen LogP contribution in [0, 0.1) is 6.92 Å². The molecule has 1 aliphatic rings. The highest BCUT2D eigenvalue weighted by Crippen LogP contribution is 2.26. The predicted molar refractivity (Wildman–Crippen MR) is 120 cm³/mol. The number of hydrogen-bond donors (Lipinski definition) is 2. The summed E-state index contributed by atoms with van der Waals surface area (Å²) in [6.45, 7) is 5.93. The first-order valence-electron chi connectivity index (χ1n) is 9.75. The van der Waals surface area contributed by atoms with E-state index in [2.05, 4.69) is 20.8 Å². The number of nitrogens with zero attached hydrogens (tertiary/aromatic N) is 4. The molecule has 31 heavy (non-hydrogen) atoms. The molecular formula is C19H24N6O4S2. The number of benzene rings is 1. The Kier molecular flexibility index (Phi) is 8.06. The first-order valence-corrected chi connectivity index (χ1v) is 11.5. The van der Waals surface area contributed by atoms with Gasteiger partial charge in [0.25, 0.3) is 0 Å². The van der Waals surface area contributed by atoms with Crippen molar-refractivity contribution in [1.29, 1.82) is 0 Å². The maximum absolute atomic E-state index is 12.4. The Hall–Kier alpha value is -2.86. The van der Waals surface area contributed by atoms with Crippen molar-refractivity contribution in [2.75, 3.05) is 49.2 Å². The summed E-state index contributed by atoms with van der Waals surface area (Å²) in [4.78, 5) is 39.6. The second-order valence-electron chi connectivity index (χ2n) is 6.67. The molecular weight excluding hydrogens is 440 g/mol. The van der Waals surface area contributed by atoms with Gasteiger partial charge >= 0.3 is 12.1 Å². The van der Waals surface area contributed by atoms with Gasteiger partial charge in [-0.2, -0.15) is 0 Å². The van der Waals surface area contributed by atoms with E-state index >= 15 is 0 Å². The van der Waals surface area contributed by atoms with Crippen LogP contribution >= 0.6 is 23.1 Å². The Morgan fingerprint density at radius 1 is 1.06 bits per heavy atom. The minimum Gasteiger partial charge on any atom is -0.450 e. The third-order valence-corrected chi connectivity index (χ3v) is 6.37. The fourth-order valence-corrected chi connectivity index (χ4v) is 4.43. The number of hydrogen-bond acceptors (Lipinski definition) is 8. The number of rotatable bonds is 6. The van der Waals surface area contributed by atoms with Gasteiger partial charge in [-0.15, -0.1) is 10.2 Å². The van der Waals surface area contributed by atoms with E-state index in [0.717, 1.165) is 5.56 Å². The molecule has 1 aliphatic heterocycles. The van der Waals surface area contributed by atoms with Gasteiger partial charge in [0.15, 0.2) is 4.34 Å². The van der Waals surface area contributed by atoms with E-state index in [1.165, 1.54) is 23.1 Å². The van der Waals surface area contributed by atoms with Crippen molar-refractivity contribution in [1.82, 2.24) is 20.0 Å². The number of aromatic nitrogens is 2. The second-order valence-corrected chi connectivity index (χ2v) is 8.87. The Labute approximate surface area is 188 Å². The van der Waals surface area contributed by atoms with Gasteiger partial charge in [0.1, 0.15) is 0 Å². The average Bonchev–Trinajstić information content (AvgIpc) is 3.21. The Morgan fingerprint density at radius 2 is 1.74 bits per heavy atom. The normalized spacial score (nSPS) is 13.6. The van der Waals surface area contributed by atoms with Crippen molar-refractivity contribution >= 4 is 51.9 Å². The lowest BCUT2D eigenvalue weighted by Gasteiger charge is -2.33. The van der Waals surface area contributed by atoms with E-state index in [1.54, 1.807) is 16.7 Å². The lowest BCUT2D eigenvalue weighted by molar-refractivity contribution is -0.129. The van der Waals surface area contributed by atoms with E-state index in [4.69, 9.17) is 4.74 Å². The fraction of sp³-hybridized carbons (Fsp3) is 0.421. The molecule has 12 heteroatoms. The van der Waals surface area contributed by atoms with Crippen LogP contribution in [0.3, 0.4) is 0 Å². The summed E-state index contributed by atoms with van der Waals surface area (Å²) >= 11 is 2.47. The first kappa shape index (κ1) is 22.8. The van der Waals surface area contributed by atoms with Gasteiger partial charge in [0.05, 0.1) is 12.4 Å². The highest BCUT2D eigenvalue weighted by molar-refractivity contribution is 8.01. The van der Waals surface area contributed by atoms with Gasteiger partial charge < -0.3 is 19.9 Å². The molecule has 4 amide bonds. The van der Waals surface area contributed by atoms with Crippen molar-refractivity contribution < 1.29 is 19.1 Å². The average molecular weight is 465 g/mol. The highest BCUT2D eigenvalue weighted by atomic mass is 32.2. The van der Waals surface area contributed by atoms with Gasteiger partial charge in [0, 0.05) is 31.9 Å². The number of carbonyl (C=O) groups is 3. The molecule has 1 aromatic heterocycles. The number of nitrogens with one attached hydrogen (secondary N) is 2. The van der Waals surface area contributed by atoms with Crippen LogP contribution in [0.15, 0.2) is 28.6 Å². The summed E-state index contributed by atoms with van der Waals surface area (Å²) in [7, 11) is 0. The van der Waals surface area contributed by atoms with Crippen molar-refractivity contribution in [3.63, 3.8) is 0 Å². The molecule has 2 N–H and O–H groups in total. The molecule has 0 unspecified atom stereocenters. The van der Waals surface area contributed by atoms with Gasteiger partial charge in [-0.1, -0.05) is 40.8 Å². The van der Waals surface area contributed by atoms with Crippen LogP contribution in [0.2, 0.25) is 0 Å². The molecule has 0 saturated carbocycles. The highest BCUT2D eigenvalue weighted by Gasteiger charge is 2.25. The summed E-state index contributed by atoms with van der Waals surface area (Å²) in [5.74, 6) is 0.180. The second kappa shape index (κ2) is 11.0. The largest absolute Gasteiger partial charge is 0.450 e. The van der Waals surface area contributed by atoms with Crippen LogP contribution in [0.4, 0.5) is 20.4 Å². The van der Waals surface area contributed by atoms with Gasteiger partial charge in [-0.05, 0) is 26.0 Å². The van der Waals surface area contributed by atoms with Crippen LogP contribution in [-0.2, 0) is 9.53 Å². The van der Waals surface area contributed by atoms with Crippen LogP contribution < -0.4 is 10.6 Å². The zero-order valence-corrected chi connectivity index (χ0v) is 18.9. The van der Waals surface area contributed by atoms with Crippen LogP contribution in [0.1, 0.15) is 12.5 Å². The topological polar surface area (TPSA) is 117 Å². The molecule has 10 nitrogen and oxygen atoms in total. The minimum absolute atomic E-state index is 0.0321. The molecule has 0 bridgehead atoms. The Morgan fingerprint density at radius 3 is 2.42 bits per heavy atom. The number of anilines is 2. The standard InChI is InChI=1S/C19H24N6O4S2/c1-3-29-19(28)25-10-8-24(9-11-25)15(26)12-30-18-23-22-17(31-18)21-16(27)20-14-6-4-13(2)5-7-14/h4-7H,3,8-12H2,1-2H3,(H2,20,21,22,27). The molecule has 1 fully saturated rings. The summed E-state index contributed by atoms with van der Waals surface area (Å²) < 4.78 is 5.57. The van der Waals surface area contributed by atoms with E-state index in [0.29, 0.717) is 47.9 Å². The lowest BCUT2D eigenvalue weighted by atomic mass is 10.2. The predicted octanol–water partition coefficient (Wildman–Crippen LogP) is 2.88. The van der Waals surface area contributed by atoms with Crippen molar-refractivity contribution in [3.8, 4) is 0 Å². The third kappa shape index (κ3) is 6.82. The zero-order chi connectivity index (χ0) is 22.2. The van der Waals surface area contributed by atoms with E-state index in [9.17, 15) is 14.4 Å². The number of piperazine rings is 1. The molecule has 1 saturated heterocycles. The molecule has 0 radical (unpaired) electrons. The van der Waals surface area contributed by atoms with Gasteiger partial charge in [-0.3, -0.25) is 10.1 Å². The monoisotopic (exact) mass is 464 g/mol. The van der Waals surface area contributed by atoms with Gasteiger partial charge in [0.2, 0.25) is 11.0 Å². The van der Waals surface area contributed by atoms with E-state index in [-0.39, 0.29) is 17.8 Å². The number of aryl methyl sites for hydroxylation is 1. The zero-order valence-electron chi connectivity index (χ0n) is 17.3. The molecule has 0 aliphatic carbocycles. The summed E-state index contributed by atoms with van der Waals surface area (Å²) in [6, 6.07) is 7.03. The number of thioether (sulfide) groups is 1. The summed E-state index contributed by atoms with van der Waals surface area (Å²) in [5, 5.41) is 13.7. The molecule has 166 valence electrons. The van der Waals surface area contributed by atoms with Crippen molar-refractivity contribution in [2.45, 2.75) is 18.2 Å². The molecule has 2 heterocycles. The summed E-state index contributed by atoms with van der Waals surface area (Å²) in [6.07, 6.45) is -0.343. The molecule has 0 spiro atoms. The smallest absolute Gasteiger partial charge is 0.409 e. The third-order valence-electron chi connectivity index (χ3n) is 4.41. The van der Waals surface area contributed by atoms with Gasteiger partial charge in [-0.25, -0.2) is 9.59 Å². The molecule has 2 aromatic rings. The van der Waals surface area contributed by atoms with Crippen LogP contribution in [0.25, 0.3) is 0 Å². The van der Waals surface area contributed by atoms with E-state index in [1.807, 2.05) is 31.2 Å². The molecule has 3 rings (SSSR count).